The van der Waals surface area contributed by atoms with Crippen molar-refractivity contribution in [1.82, 2.24) is 10.4 Å². The number of nitrogens with zero attached hydrogens (tertiary/aromatic N) is 2. The second kappa shape index (κ2) is 12.5. The molecule has 3 atom stereocenters. The first-order chi connectivity index (χ1) is 17.5. The lowest BCUT2D eigenvalue weighted by atomic mass is 9.72. The quantitative estimate of drug-likeness (QED) is 0.449. The third-order valence-corrected chi connectivity index (χ3v) is 7.26. The van der Waals surface area contributed by atoms with Crippen molar-refractivity contribution >= 4 is 23.5 Å². The van der Waals surface area contributed by atoms with Crippen LogP contribution >= 0.6 is 0 Å². The average Bonchev–Trinajstić information content (AvgIpc) is 2.93. The number of nitrogens with one attached hydrogen (secondary N) is 1. The van der Waals surface area contributed by atoms with Crippen LogP contribution in [0.1, 0.15) is 31.2 Å². The van der Waals surface area contributed by atoms with E-state index in [4.69, 9.17) is 9.57 Å². The Morgan fingerprint density at radius 3 is 2.22 bits per heavy atom. The normalized spacial score (nSPS) is 22.1. The number of rotatable bonds is 8. The third kappa shape index (κ3) is 6.63. The predicted molar refractivity (Wildman–Crippen MR) is 136 cm³/mol. The number of carbonyl (C=O) groups is 3. The number of hydroxylamine groups is 1. The Morgan fingerprint density at radius 1 is 0.889 bits per heavy atom. The van der Waals surface area contributed by atoms with E-state index in [1.54, 1.807) is 0 Å². The fourth-order valence-corrected chi connectivity index (χ4v) is 5.25. The van der Waals surface area contributed by atoms with E-state index in [-0.39, 0.29) is 36.7 Å². The molecule has 2 amide bonds. The number of hydrogen-bond acceptors (Lipinski definition) is 6. The summed E-state index contributed by atoms with van der Waals surface area (Å²) < 4.78 is 4.83. The van der Waals surface area contributed by atoms with Crippen LogP contribution in [0, 0.1) is 17.8 Å². The van der Waals surface area contributed by atoms with Gasteiger partial charge in [0.1, 0.15) is 0 Å². The number of para-hydroxylation sites is 1. The maximum absolute atomic E-state index is 13.6. The molecule has 8 nitrogen and oxygen atoms in total. The summed E-state index contributed by atoms with van der Waals surface area (Å²) >= 11 is 0. The molecule has 0 spiro atoms. The highest BCUT2D eigenvalue weighted by Gasteiger charge is 2.42. The van der Waals surface area contributed by atoms with Crippen LogP contribution in [0.15, 0.2) is 60.7 Å². The second-order valence-corrected chi connectivity index (χ2v) is 9.56. The Kier molecular flexibility index (Phi) is 8.95. The fourth-order valence-electron chi connectivity index (χ4n) is 5.25. The maximum Gasteiger partial charge on any atom is 0.305 e. The first-order valence-electron chi connectivity index (χ1n) is 12.7. The zero-order valence-corrected chi connectivity index (χ0v) is 20.8. The predicted octanol–water partition coefficient (Wildman–Crippen LogP) is 3.18. The minimum Gasteiger partial charge on any atom is -0.469 e. The van der Waals surface area contributed by atoms with Gasteiger partial charge in [-0.25, -0.2) is 5.48 Å². The van der Waals surface area contributed by atoms with Gasteiger partial charge in [0.15, 0.2) is 0 Å². The van der Waals surface area contributed by atoms with Gasteiger partial charge in [0, 0.05) is 44.2 Å². The highest BCUT2D eigenvalue weighted by atomic mass is 16.6. The smallest absolute Gasteiger partial charge is 0.305 e. The lowest BCUT2D eigenvalue weighted by Crippen LogP contribution is -2.53. The largest absolute Gasteiger partial charge is 0.469 e. The number of carbonyl (C=O) groups excluding carboxylic acids is 3. The van der Waals surface area contributed by atoms with Crippen LogP contribution < -0.4 is 10.4 Å². The Hall–Kier alpha value is -3.39. The summed E-state index contributed by atoms with van der Waals surface area (Å²) in [5.74, 6) is -1.56. The van der Waals surface area contributed by atoms with E-state index in [0.29, 0.717) is 32.4 Å². The molecule has 0 aromatic heterocycles. The van der Waals surface area contributed by atoms with Crippen LogP contribution in [0.2, 0.25) is 0 Å². The molecule has 1 N–H and O–H groups in total. The zero-order chi connectivity index (χ0) is 25.3. The van der Waals surface area contributed by atoms with Gasteiger partial charge in [-0.2, -0.15) is 0 Å². The molecule has 0 bridgehead atoms. The van der Waals surface area contributed by atoms with Crippen molar-refractivity contribution in [2.24, 2.45) is 17.8 Å². The summed E-state index contributed by atoms with van der Waals surface area (Å²) in [6.07, 6.45) is 1.98. The van der Waals surface area contributed by atoms with Crippen molar-refractivity contribution in [1.29, 1.82) is 0 Å². The van der Waals surface area contributed by atoms with E-state index in [1.165, 1.54) is 7.11 Å². The molecule has 2 aliphatic rings. The summed E-state index contributed by atoms with van der Waals surface area (Å²) in [4.78, 5) is 48.3. The van der Waals surface area contributed by atoms with Gasteiger partial charge in [0.05, 0.1) is 19.6 Å². The van der Waals surface area contributed by atoms with Gasteiger partial charge in [-0.3, -0.25) is 19.2 Å². The number of anilines is 1. The summed E-state index contributed by atoms with van der Waals surface area (Å²) in [5.41, 5.74) is 4.66. The molecule has 1 aliphatic carbocycles. The van der Waals surface area contributed by atoms with Crippen molar-refractivity contribution < 1.29 is 24.0 Å². The number of piperazine rings is 1. The van der Waals surface area contributed by atoms with Gasteiger partial charge >= 0.3 is 5.97 Å². The number of amides is 2. The molecule has 3 unspecified atom stereocenters. The summed E-state index contributed by atoms with van der Waals surface area (Å²) in [7, 11) is 1.37. The summed E-state index contributed by atoms with van der Waals surface area (Å²) in [6, 6.07) is 19.8. The number of esters is 1. The zero-order valence-electron chi connectivity index (χ0n) is 20.8. The van der Waals surface area contributed by atoms with E-state index < -0.39 is 11.8 Å². The molecule has 2 aromatic rings. The van der Waals surface area contributed by atoms with Crippen LogP contribution in [0.25, 0.3) is 0 Å². The van der Waals surface area contributed by atoms with Crippen LogP contribution in [0.5, 0.6) is 0 Å². The molecule has 1 saturated carbocycles. The minimum atomic E-state index is -0.552. The molecular weight excluding hydrogens is 458 g/mol. The van der Waals surface area contributed by atoms with Gasteiger partial charge in [0.25, 0.3) is 0 Å². The minimum absolute atomic E-state index is 0.00120. The molecule has 4 rings (SSSR count). The summed E-state index contributed by atoms with van der Waals surface area (Å²) in [5, 5.41) is 0. The van der Waals surface area contributed by atoms with Gasteiger partial charge in [-0.15, -0.1) is 0 Å². The van der Waals surface area contributed by atoms with Crippen LogP contribution in [-0.2, 0) is 30.6 Å². The first kappa shape index (κ1) is 25.7. The van der Waals surface area contributed by atoms with Crippen LogP contribution in [0.4, 0.5) is 5.69 Å². The SMILES string of the molecule is COC(=O)CC1CCC(C(=O)N2CCN(c3ccccc3)CC2)C(C(=O)NOCc2ccccc2)C1. The third-order valence-electron chi connectivity index (χ3n) is 7.26. The monoisotopic (exact) mass is 493 g/mol. The maximum atomic E-state index is 13.6. The van der Waals surface area contributed by atoms with Crippen molar-refractivity contribution in [2.75, 3.05) is 38.2 Å². The Labute approximate surface area is 212 Å². The molecule has 8 heteroatoms. The Morgan fingerprint density at radius 2 is 1.56 bits per heavy atom. The highest BCUT2D eigenvalue weighted by molar-refractivity contribution is 5.88. The second-order valence-electron chi connectivity index (χ2n) is 9.56. The average molecular weight is 494 g/mol. The number of ether oxygens (including phenoxy) is 1. The molecule has 1 aliphatic heterocycles. The highest BCUT2D eigenvalue weighted by Crippen LogP contribution is 2.37. The number of hydrogen-bond donors (Lipinski definition) is 1. The van der Waals surface area contributed by atoms with Crippen molar-refractivity contribution in [2.45, 2.75) is 32.3 Å². The molecule has 36 heavy (non-hydrogen) atoms. The van der Waals surface area contributed by atoms with Gasteiger partial charge in [0.2, 0.25) is 11.8 Å². The van der Waals surface area contributed by atoms with Crippen LogP contribution in [-0.4, -0.2) is 56.0 Å². The fraction of sp³-hybridized carbons (Fsp3) is 0.464. The van der Waals surface area contributed by atoms with E-state index >= 15 is 0 Å². The van der Waals surface area contributed by atoms with Crippen molar-refractivity contribution in [3.63, 3.8) is 0 Å². The topological polar surface area (TPSA) is 88.2 Å². The van der Waals surface area contributed by atoms with E-state index in [9.17, 15) is 14.4 Å². The Balaban J connectivity index is 1.38. The molecule has 0 radical (unpaired) electrons. The van der Waals surface area contributed by atoms with Gasteiger partial charge in [-0.05, 0) is 42.9 Å². The molecule has 1 heterocycles. The van der Waals surface area contributed by atoms with Crippen LogP contribution in [0.3, 0.4) is 0 Å². The number of methoxy groups -OCH3 is 1. The van der Waals surface area contributed by atoms with E-state index in [2.05, 4.69) is 22.5 Å². The van der Waals surface area contributed by atoms with Crippen molar-refractivity contribution in [3.8, 4) is 0 Å². The van der Waals surface area contributed by atoms with E-state index in [1.807, 2.05) is 53.4 Å². The molecular formula is C28H35N3O5. The van der Waals surface area contributed by atoms with E-state index in [0.717, 1.165) is 24.3 Å². The van der Waals surface area contributed by atoms with Crippen molar-refractivity contribution in [3.05, 3.63) is 66.2 Å². The molecule has 192 valence electrons. The lowest BCUT2D eigenvalue weighted by Gasteiger charge is -2.40. The first-order valence-corrected chi connectivity index (χ1v) is 12.7. The molecule has 2 fully saturated rings. The Bertz CT molecular complexity index is 1010. The lowest BCUT2D eigenvalue weighted by molar-refractivity contribution is -0.152. The summed E-state index contributed by atoms with van der Waals surface area (Å²) in [6.45, 7) is 2.99. The van der Waals surface area contributed by atoms with Gasteiger partial charge < -0.3 is 14.5 Å². The van der Waals surface area contributed by atoms with Gasteiger partial charge in [-0.1, -0.05) is 48.5 Å². The standard InChI is InChI=1S/C28H35N3O5/c1-35-26(32)19-22-12-13-24(25(18-22)27(33)29-36-20-21-8-4-2-5-9-21)28(34)31-16-14-30(15-17-31)23-10-6-3-7-11-23/h2-11,22,24-25H,12-20H2,1H3,(H,29,33). The molecule has 2 aromatic carbocycles. The number of benzene rings is 2. The molecule has 1 saturated heterocycles.